The van der Waals surface area contributed by atoms with Gasteiger partial charge in [-0.05, 0) is 42.8 Å². The number of pyridine rings is 1. The molecule has 2 nitrogen and oxygen atoms in total. The SMILES string of the molecule is Fc1ccc(-c2nc3ccccc3cc2N2CCC2)cc1. The number of anilines is 1. The molecule has 0 radical (unpaired) electrons. The summed E-state index contributed by atoms with van der Waals surface area (Å²) in [5.41, 5.74) is 4.02. The first-order valence-electron chi connectivity index (χ1n) is 7.22. The Labute approximate surface area is 122 Å². The van der Waals surface area contributed by atoms with Crippen LogP contribution in [0.4, 0.5) is 10.1 Å². The molecule has 1 fully saturated rings. The molecular weight excluding hydrogens is 263 g/mol. The molecule has 104 valence electrons. The van der Waals surface area contributed by atoms with Gasteiger partial charge in [0.2, 0.25) is 0 Å². The molecule has 0 aliphatic carbocycles. The Kier molecular flexibility index (Phi) is 2.85. The van der Waals surface area contributed by atoms with Crippen molar-refractivity contribution in [3.05, 3.63) is 60.4 Å². The molecular formula is C18H15FN2. The summed E-state index contributed by atoms with van der Waals surface area (Å²) in [6, 6.07) is 16.9. The number of rotatable bonds is 2. The van der Waals surface area contributed by atoms with Crippen LogP contribution in [-0.2, 0) is 0 Å². The summed E-state index contributed by atoms with van der Waals surface area (Å²) in [4.78, 5) is 7.15. The zero-order chi connectivity index (χ0) is 14.2. The van der Waals surface area contributed by atoms with E-state index in [1.54, 1.807) is 12.1 Å². The standard InChI is InChI=1S/C18H15FN2/c19-15-8-6-13(7-9-15)18-17(21-10-3-11-21)12-14-4-1-2-5-16(14)20-18/h1-2,4-9,12H,3,10-11H2. The predicted molar refractivity (Wildman–Crippen MR) is 84.0 cm³/mol. The maximum Gasteiger partial charge on any atom is 0.123 e. The first-order valence-corrected chi connectivity index (χ1v) is 7.22. The van der Waals surface area contributed by atoms with E-state index in [2.05, 4.69) is 17.0 Å². The fourth-order valence-corrected chi connectivity index (χ4v) is 2.72. The Balaban J connectivity index is 1.93. The first kappa shape index (κ1) is 12.3. The fraction of sp³-hybridized carbons (Fsp3) is 0.167. The van der Waals surface area contributed by atoms with Gasteiger partial charge in [-0.15, -0.1) is 0 Å². The summed E-state index contributed by atoms with van der Waals surface area (Å²) in [7, 11) is 0. The number of benzene rings is 2. The highest BCUT2D eigenvalue weighted by atomic mass is 19.1. The summed E-state index contributed by atoms with van der Waals surface area (Å²) < 4.78 is 13.2. The van der Waals surface area contributed by atoms with Crippen LogP contribution >= 0.6 is 0 Å². The second kappa shape index (κ2) is 4.85. The average Bonchev–Trinajstić information content (AvgIpc) is 2.46. The molecule has 2 aromatic carbocycles. The number of para-hydroxylation sites is 1. The molecule has 0 atom stereocenters. The number of nitrogens with zero attached hydrogens (tertiary/aromatic N) is 2. The molecule has 1 aliphatic rings. The van der Waals surface area contributed by atoms with Crippen molar-refractivity contribution < 1.29 is 4.39 Å². The average molecular weight is 278 g/mol. The third-order valence-corrected chi connectivity index (χ3v) is 4.02. The van der Waals surface area contributed by atoms with Gasteiger partial charge in [-0.25, -0.2) is 9.37 Å². The number of fused-ring (bicyclic) bond motifs is 1. The van der Waals surface area contributed by atoms with Crippen LogP contribution in [0.2, 0.25) is 0 Å². The lowest BCUT2D eigenvalue weighted by atomic mass is 10.0. The largest absolute Gasteiger partial charge is 0.370 e. The topological polar surface area (TPSA) is 16.1 Å². The van der Waals surface area contributed by atoms with Crippen molar-refractivity contribution in [3.63, 3.8) is 0 Å². The van der Waals surface area contributed by atoms with Gasteiger partial charge < -0.3 is 4.90 Å². The van der Waals surface area contributed by atoms with Crippen LogP contribution in [-0.4, -0.2) is 18.1 Å². The van der Waals surface area contributed by atoms with Gasteiger partial charge >= 0.3 is 0 Å². The molecule has 0 unspecified atom stereocenters. The molecule has 1 aliphatic heterocycles. The van der Waals surface area contributed by atoms with Gasteiger partial charge in [-0.2, -0.15) is 0 Å². The molecule has 0 bridgehead atoms. The van der Waals surface area contributed by atoms with Crippen LogP contribution in [0.3, 0.4) is 0 Å². The van der Waals surface area contributed by atoms with E-state index < -0.39 is 0 Å². The van der Waals surface area contributed by atoms with Crippen molar-refractivity contribution >= 4 is 16.6 Å². The Morgan fingerprint density at radius 1 is 0.952 bits per heavy atom. The van der Waals surface area contributed by atoms with Crippen LogP contribution in [0.15, 0.2) is 54.6 Å². The Morgan fingerprint density at radius 3 is 2.43 bits per heavy atom. The number of halogens is 1. The highest BCUT2D eigenvalue weighted by molar-refractivity contribution is 5.89. The van der Waals surface area contributed by atoms with E-state index in [9.17, 15) is 4.39 Å². The normalized spacial score (nSPS) is 14.2. The van der Waals surface area contributed by atoms with E-state index in [1.165, 1.54) is 18.6 Å². The Morgan fingerprint density at radius 2 is 1.71 bits per heavy atom. The van der Waals surface area contributed by atoms with Crippen molar-refractivity contribution in [1.82, 2.24) is 4.98 Å². The van der Waals surface area contributed by atoms with Crippen molar-refractivity contribution in [3.8, 4) is 11.3 Å². The fourth-order valence-electron chi connectivity index (χ4n) is 2.72. The monoisotopic (exact) mass is 278 g/mol. The highest BCUT2D eigenvalue weighted by Gasteiger charge is 2.20. The van der Waals surface area contributed by atoms with E-state index >= 15 is 0 Å². The molecule has 3 aromatic rings. The van der Waals surface area contributed by atoms with Crippen LogP contribution in [0.1, 0.15) is 6.42 Å². The van der Waals surface area contributed by atoms with Crippen molar-refractivity contribution in [2.45, 2.75) is 6.42 Å². The molecule has 2 heterocycles. The van der Waals surface area contributed by atoms with Crippen LogP contribution < -0.4 is 4.90 Å². The predicted octanol–water partition coefficient (Wildman–Crippen LogP) is 4.25. The maximum absolute atomic E-state index is 13.2. The third kappa shape index (κ3) is 2.15. The van der Waals surface area contributed by atoms with Crippen LogP contribution in [0.25, 0.3) is 22.2 Å². The molecule has 0 saturated carbocycles. The van der Waals surface area contributed by atoms with Crippen molar-refractivity contribution in [2.24, 2.45) is 0 Å². The minimum atomic E-state index is -0.218. The summed E-state index contributed by atoms with van der Waals surface area (Å²) in [6.07, 6.45) is 1.22. The Hall–Kier alpha value is -2.42. The van der Waals surface area contributed by atoms with E-state index in [0.29, 0.717) is 0 Å². The summed E-state index contributed by atoms with van der Waals surface area (Å²) in [6.45, 7) is 2.13. The molecule has 3 heteroatoms. The summed E-state index contributed by atoms with van der Waals surface area (Å²) in [5, 5.41) is 1.14. The lowest BCUT2D eigenvalue weighted by Gasteiger charge is -2.34. The molecule has 0 amide bonds. The number of hydrogen-bond donors (Lipinski definition) is 0. The van der Waals surface area contributed by atoms with Gasteiger partial charge in [0.15, 0.2) is 0 Å². The molecule has 4 rings (SSSR count). The third-order valence-electron chi connectivity index (χ3n) is 4.02. The van der Waals surface area contributed by atoms with E-state index in [1.807, 2.05) is 18.2 Å². The molecule has 21 heavy (non-hydrogen) atoms. The lowest BCUT2D eigenvalue weighted by Crippen LogP contribution is -2.37. The maximum atomic E-state index is 13.2. The van der Waals surface area contributed by atoms with Gasteiger partial charge in [0.25, 0.3) is 0 Å². The quantitative estimate of drug-likeness (QED) is 0.696. The lowest BCUT2D eigenvalue weighted by molar-refractivity contribution is 0.618. The minimum Gasteiger partial charge on any atom is -0.370 e. The highest BCUT2D eigenvalue weighted by Crippen LogP contribution is 2.34. The summed E-state index contributed by atoms with van der Waals surface area (Å²) in [5.74, 6) is -0.218. The minimum absolute atomic E-state index is 0.218. The van der Waals surface area contributed by atoms with Crippen LogP contribution in [0, 0.1) is 5.82 Å². The van der Waals surface area contributed by atoms with Gasteiger partial charge in [0.1, 0.15) is 5.82 Å². The second-order valence-corrected chi connectivity index (χ2v) is 5.40. The zero-order valence-electron chi connectivity index (χ0n) is 11.6. The zero-order valence-corrected chi connectivity index (χ0v) is 11.6. The molecule has 0 spiro atoms. The smallest absolute Gasteiger partial charge is 0.123 e. The number of aromatic nitrogens is 1. The molecule has 1 aromatic heterocycles. The van der Waals surface area contributed by atoms with E-state index in [-0.39, 0.29) is 5.82 Å². The molecule has 1 saturated heterocycles. The van der Waals surface area contributed by atoms with Gasteiger partial charge in [-0.3, -0.25) is 0 Å². The Bertz CT molecular complexity index is 792. The van der Waals surface area contributed by atoms with E-state index in [0.717, 1.165) is 40.9 Å². The van der Waals surface area contributed by atoms with Crippen molar-refractivity contribution in [1.29, 1.82) is 0 Å². The van der Waals surface area contributed by atoms with Gasteiger partial charge in [-0.1, -0.05) is 18.2 Å². The first-order chi connectivity index (χ1) is 10.3. The molecule has 0 N–H and O–H groups in total. The van der Waals surface area contributed by atoms with Crippen LogP contribution in [0.5, 0.6) is 0 Å². The summed E-state index contributed by atoms with van der Waals surface area (Å²) >= 11 is 0. The van der Waals surface area contributed by atoms with E-state index in [4.69, 9.17) is 4.98 Å². The van der Waals surface area contributed by atoms with Gasteiger partial charge in [0.05, 0.1) is 16.9 Å². The number of hydrogen-bond acceptors (Lipinski definition) is 2. The van der Waals surface area contributed by atoms with Gasteiger partial charge in [0, 0.05) is 24.0 Å². The second-order valence-electron chi connectivity index (χ2n) is 5.40. The van der Waals surface area contributed by atoms with Crippen molar-refractivity contribution in [2.75, 3.05) is 18.0 Å².